The van der Waals surface area contributed by atoms with Gasteiger partial charge in [-0.15, -0.1) is 11.8 Å². The Morgan fingerprint density at radius 2 is 2.20 bits per heavy atom. The van der Waals surface area contributed by atoms with Gasteiger partial charge in [0.1, 0.15) is 0 Å². The SMILES string of the molecule is Cc1ccccc1SCC(=O)N[C@@H]1CCC(=O)N(C)C1. The lowest BCUT2D eigenvalue weighted by Gasteiger charge is -2.30. The maximum atomic E-state index is 11.9. The summed E-state index contributed by atoms with van der Waals surface area (Å²) >= 11 is 1.55. The zero-order chi connectivity index (χ0) is 14.5. The Kier molecular flexibility index (Phi) is 5.06. The first-order chi connectivity index (χ1) is 9.56. The fraction of sp³-hybridized carbons (Fsp3) is 0.467. The Bertz CT molecular complexity index is 504. The zero-order valence-electron chi connectivity index (χ0n) is 11.9. The minimum absolute atomic E-state index is 0.0333. The Morgan fingerprint density at radius 3 is 2.90 bits per heavy atom. The first-order valence-corrected chi connectivity index (χ1v) is 7.76. The molecule has 1 aromatic carbocycles. The normalized spacial score (nSPS) is 19.0. The van der Waals surface area contributed by atoms with Crippen LogP contribution in [0.5, 0.6) is 0 Å². The summed E-state index contributed by atoms with van der Waals surface area (Å²) in [7, 11) is 1.78. The molecule has 0 bridgehead atoms. The Hall–Kier alpha value is -1.49. The standard InChI is InChI=1S/C15H20N2O2S/c1-11-5-3-4-6-13(11)20-10-14(18)16-12-7-8-15(19)17(2)9-12/h3-6,12H,7-10H2,1-2H3,(H,16,18)/t12-/m1/s1. The molecule has 1 saturated heterocycles. The van der Waals surface area contributed by atoms with Crippen LogP contribution in [0, 0.1) is 6.92 Å². The number of thioether (sulfide) groups is 1. The molecule has 0 spiro atoms. The molecule has 1 aliphatic heterocycles. The van der Waals surface area contributed by atoms with Crippen molar-refractivity contribution in [1.82, 2.24) is 10.2 Å². The van der Waals surface area contributed by atoms with Crippen LogP contribution in [-0.4, -0.2) is 42.1 Å². The lowest BCUT2D eigenvalue weighted by molar-refractivity contribution is -0.133. The number of amides is 2. The van der Waals surface area contributed by atoms with Crippen molar-refractivity contribution < 1.29 is 9.59 Å². The van der Waals surface area contributed by atoms with E-state index in [9.17, 15) is 9.59 Å². The molecule has 1 aliphatic rings. The third-order valence-corrected chi connectivity index (χ3v) is 4.62. The highest BCUT2D eigenvalue weighted by Crippen LogP contribution is 2.21. The van der Waals surface area contributed by atoms with E-state index in [4.69, 9.17) is 0 Å². The smallest absolute Gasteiger partial charge is 0.230 e. The van der Waals surface area contributed by atoms with E-state index in [1.54, 1.807) is 23.7 Å². The lowest BCUT2D eigenvalue weighted by atomic mass is 10.1. The molecule has 1 fully saturated rings. The number of rotatable bonds is 4. The van der Waals surface area contributed by atoms with Crippen LogP contribution in [0.25, 0.3) is 0 Å². The number of hydrogen-bond donors (Lipinski definition) is 1. The number of piperidine rings is 1. The monoisotopic (exact) mass is 292 g/mol. The van der Waals surface area contributed by atoms with Crippen molar-refractivity contribution in [1.29, 1.82) is 0 Å². The van der Waals surface area contributed by atoms with Crippen molar-refractivity contribution >= 4 is 23.6 Å². The molecule has 108 valence electrons. The highest BCUT2D eigenvalue weighted by Gasteiger charge is 2.23. The van der Waals surface area contributed by atoms with Crippen molar-refractivity contribution in [3.8, 4) is 0 Å². The second kappa shape index (κ2) is 6.79. The van der Waals surface area contributed by atoms with Crippen molar-refractivity contribution in [3.05, 3.63) is 29.8 Å². The van der Waals surface area contributed by atoms with Gasteiger partial charge in [0.15, 0.2) is 0 Å². The van der Waals surface area contributed by atoms with E-state index in [2.05, 4.69) is 5.32 Å². The highest BCUT2D eigenvalue weighted by molar-refractivity contribution is 8.00. The number of likely N-dealkylation sites (N-methyl/N-ethyl adjacent to an activating group) is 1. The van der Waals surface area contributed by atoms with Gasteiger partial charge in [-0.05, 0) is 25.0 Å². The van der Waals surface area contributed by atoms with E-state index in [0.29, 0.717) is 18.7 Å². The van der Waals surface area contributed by atoms with Crippen LogP contribution < -0.4 is 5.32 Å². The average Bonchev–Trinajstić information content (AvgIpc) is 2.42. The molecule has 1 atom stereocenters. The third-order valence-electron chi connectivity index (χ3n) is 3.44. The quantitative estimate of drug-likeness (QED) is 0.861. The zero-order valence-corrected chi connectivity index (χ0v) is 12.7. The molecule has 4 nitrogen and oxygen atoms in total. The summed E-state index contributed by atoms with van der Waals surface area (Å²) in [5.74, 6) is 0.606. The molecule has 5 heteroatoms. The van der Waals surface area contributed by atoms with E-state index < -0.39 is 0 Å². The number of nitrogens with zero attached hydrogens (tertiary/aromatic N) is 1. The number of benzene rings is 1. The van der Waals surface area contributed by atoms with E-state index in [1.807, 2.05) is 31.2 Å². The molecular weight excluding hydrogens is 272 g/mol. The fourth-order valence-corrected chi connectivity index (χ4v) is 3.10. The number of hydrogen-bond acceptors (Lipinski definition) is 3. The van der Waals surface area contributed by atoms with Gasteiger partial charge in [-0.1, -0.05) is 18.2 Å². The highest BCUT2D eigenvalue weighted by atomic mass is 32.2. The van der Waals surface area contributed by atoms with Crippen molar-refractivity contribution in [2.45, 2.75) is 30.7 Å². The van der Waals surface area contributed by atoms with Gasteiger partial charge in [-0.3, -0.25) is 9.59 Å². The first kappa shape index (κ1) is 14.9. The molecule has 1 heterocycles. The van der Waals surface area contributed by atoms with Crippen molar-refractivity contribution in [2.24, 2.45) is 0 Å². The molecule has 0 aliphatic carbocycles. The molecule has 2 amide bonds. The summed E-state index contributed by atoms with van der Waals surface area (Å²) in [6, 6.07) is 8.13. The van der Waals surface area contributed by atoms with E-state index in [1.165, 1.54) is 5.56 Å². The second-order valence-electron chi connectivity index (χ2n) is 5.13. The van der Waals surface area contributed by atoms with E-state index in [0.717, 1.165) is 11.3 Å². The first-order valence-electron chi connectivity index (χ1n) is 6.78. The largest absolute Gasteiger partial charge is 0.351 e. The van der Waals surface area contributed by atoms with Gasteiger partial charge < -0.3 is 10.2 Å². The van der Waals surface area contributed by atoms with Crippen LogP contribution in [-0.2, 0) is 9.59 Å². The van der Waals surface area contributed by atoms with Crippen LogP contribution in [0.2, 0.25) is 0 Å². The Labute approximate surface area is 123 Å². The van der Waals surface area contributed by atoms with Gasteiger partial charge in [0.05, 0.1) is 5.75 Å². The summed E-state index contributed by atoms with van der Waals surface area (Å²) < 4.78 is 0. The van der Waals surface area contributed by atoms with E-state index in [-0.39, 0.29) is 17.9 Å². The van der Waals surface area contributed by atoms with Crippen molar-refractivity contribution in [3.63, 3.8) is 0 Å². The third kappa shape index (κ3) is 4.00. The predicted molar refractivity (Wildman–Crippen MR) is 80.7 cm³/mol. The minimum Gasteiger partial charge on any atom is -0.351 e. The number of carbonyl (C=O) groups is 2. The summed E-state index contributed by atoms with van der Waals surface area (Å²) in [5.41, 5.74) is 1.19. The van der Waals surface area contributed by atoms with Gasteiger partial charge in [0.2, 0.25) is 11.8 Å². The van der Waals surface area contributed by atoms with Gasteiger partial charge in [0.25, 0.3) is 0 Å². The molecular formula is C15H20N2O2S. The number of likely N-dealkylation sites (tertiary alicyclic amines) is 1. The number of nitrogens with one attached hydrogen (secondary N) is 1. The van der Waals surface area contributed by atoms with Crippen LogP contribution in [0.3, 0.4) is 0 Å². The molecule has 0 radical (unpaired) electrons. The number of aryl methyl sites for hydroxylation is 1. The second-order valence-corrected chi connectivity index (χ2v) is 6.15. The molecule has 1 aromatic rings. The summed E-state index contributed by atoms with van der Waals surface area (Å²) in [5, 5.41) is 3.01. The van der Waals surface area contributed by atoms with Crippen LogP contribution in [0.15, 0.2) is 29.2 Å². The van der Waals surface area contributed by atoms with E-state index >= 15 is 0 Å². The summed E-state index contributed by atoms with van der Waals surface area (Å²) in [4.78, 5) is 26.2. The van der Waals surface area contributed by atoms with Gasteiger partial charge >= 0.3 is 0 Å². The minimum atomic E-state index is 0.0333. The van der Waals surface area contributed by atoms with Crippen LogP contribution >= 0.6 is 11.8 Å². The maximum Gasteiger partial charge on any atom is 0.230 e. The predicted octanol–water partition coefficient (Wildman–Crippen LogP) is 1.82. The summed E-state index contributed by atoms with van der Waals surface area (Å²) in [6.45, 7) is 2.65. The van der Waals surface area contributed by atoms with Crippen LogP contribution in [0.1, 0.15) is 18.4 Å². The average molecular weight is 292 g/mol. The Morgan fingerprint density at radius 1 is 1.45 bits per heavy atom. The molecule has 2 rings (SSSR count). The van der Waals surface area contributed by atoms with Gasteiger partial charge in [0, 0.05) is 31.0 Å². The number of carbonyl (C=O) groups excluding carboxylic acids is 2. The molecule has 1 N–H and O–H groups in total. The topological polar surface area (TPSA) is 49.4 Å². The maximum absolute atomic E-state index is 11.9. The van der Waals surface area contributed by atoms with Gasteiger partial charge in [-0.2, -0.15) is 0 Å². The molecule has 0 aromatic heterocycles. The fourth-order valence-electron chi connectivity index (χ4n) is 2.26. The Balaban J connectivity index is 1.79. The molecule has 0 unspecified atom stereocenters. The molecule has 0 saturated carbocycles. The lowest BCUT2D eigenvalue weighted by Crippen LogP contribution is -2.48. The van der Waals surface area contributed by atoms with Crippen LogP contribution in [0.4, 0.5) is 0 Å². The van der Waals surface area contributed by atoms with Crippen molar-refractivity contribution in [2.75, 3.05) is 19.3 Å². The summed E-state index contributed by atoms with van der Waals surface area (Å²) in [6.07, 6.45) is 1.26. The van der Waals surface area contributed by atoms with Gasteiger partial charge in [-0.25, -0.2) is 0 Å². The molecule has 20 heavy (non-hydrogen) atoms.